The molecule has 0 fully saturated rings. The van der Waals surface area contributed by atoms with E-state index in [0.717, 1.165) is 17.3 Å². The van der Waals surface area contributed by atoms with Crippen LogP contribution in [0.5, 0.6) is 0 Å². The third-order valence-electron chi connectivity index (χ3n) is 1.65. The van der Waals surface area contributed by atoms with Gasteiger partial charge in [0.15, 0.2) is 0 Å². The molecule has 0 atom stereocenters. The predicted molar refractivity (Wildman–Crippen MR) is 54.7 cm³/mol. The Morgan fingerprint density at radius 2 is 2.43 bits per heavy atom. The Morgan fingerprint density at radius 3 is 3.07 bits per heavy atom. The van der Waals surface area contributed by atoms with Crippen LogP contribution < -0.4 is 0 Å². The maximum atomic E-state index is 11.1. The fraction of sp³-hybridized carbons (Fsp3) is 0.200. The first kappa shape index (κ1) is 10.6. The monoisotopic (exact) mass is 207 g/mol. The van der Waals surface area contributed by atoms with Crippen LogP contribution in [0.3, 0.4) is 0 Å². The van der Waals surface area contributed by atoms with E-state index in [0.29, 0.717) is 11.3 Å². The Kier molecular flexibility index (Phi) is 4.02. The lowest BCUT2D eigenvalue weighted by molar-refractivity contribution is 0.0600. The number of rotatable bonds is 3. The molecule has 0 aromatic heterocycles. The molecule has 0 spiro atoms. The molecule has 0 aliphatic heterocycles. The van der Waals surface area contributed by atoms with E-state index in [1.807, 2.05) is 11.5 Å². The molecule has 0 unspecified atom stereocenters. The van der Waals surface area contributed by atoms with Gasteiger partial charge in [0.2, 0.25) is 0 Å². The first-order chi connectivity index (χ1) is 6.77. The molecular formula is C10H9NO2S. The predicted octanol–water partition coefficient (Wildman–Crippen LogP) is 2.19. The van der Waals surface area contributed by atoms with Crippen molar-refractivity contribution in [3.8, 4) is 5.40 Å². The van der Waals surface area contributed by atoms with Gasteiger partial charge in [0.05, 0.1) is 12.7 Å². The molecule has 0 heterocycles. The highest BCUT2D eigenvalue weighted by Crippen LogP contribution is 2.13. The van der Waals surface area contributed by atoms with Crippen molar-refractivity contribution >= 4 is 17.7 Å². The van der Waals surface area contributed by atoms with E-state index in [9.17, 15) is 4.79 Å². The Hall–Kier alpha value is -1.47. The molecule has 0 bridgehead atoms. The van der Waals surface area contributed by atoms with Gasteiger partial charge in [-0.25, -0.2) is 4.79 Å². The van der Waals surface area contributed by atoms with Crippen LogP contribution >= 0.6 is 11.8 Å². The molecule has 0 saturated heterocycles. The quantitative estimate of drug-likeness (QED) is 0.563. The summed E-state index contributed by atoms with van der Waals surface area (Å²) in [6.45, 7) is 0. The van der Waals surface area contributed by atoms with Gasteiger partial charge in [-0.05, 0) is 29.5 Å². The molecule has 0 saturated carbocycles. The van der Waals surface area contributed by atoms with Gasteiger partial charge in [-0.15, -0.1) is 0 Å². The molecule has 0 aliphatic carbocycles. The summed E-state index contributed by atoms with van der Waals surface area (Å²) in [6, 6.07) is 7.07. The molecule has 0 aliphatic rings. The molecule has 0 N–H and O–H groups in total. The van der Waals surface area contributed by atoms with Crippen molar-refractivity contribution in [1.82, 2.24) is 0 Å². The number of hydrogen-bond acceptors (Lipinski definition) is 4. The maximum absolute atomic E-state index is 11.1. The lowest BCUT2D eigenvalue weighted by Gasteiger charge is -2.01. The average Bonchev–Trinajstić information content (AvgIpc) is 2.25. The fourth-order valence-electron chi connectivity index (χ4n) is 1.02. The van der Waals surface area contributed by atoms with Gasteiger partial charge in [-0.3, -0.25) is 0 Å². The number of esters is 1. The number of nitriles is 1. The van der Waals surface area contributed by atoms with Crippen LogP contribution in [0.1, 0.15) is 15.9 Å². The molecule has 1 aromatic rings. The SMILES string of the molecule is COC(=O)c1cccc(CSC#N)c1. The van der Waals surface area contributed by atoms with Gasteiger partial charge in [-0.1, -0.05) is 12.1 Å². The number of benzene rings is 1. The fourth-order valence-corrected chi connectivity index (χ4v) is 1.43. The summed E-state index contributed by atoms with van der Waals surface area (Å²) in [6.07, 6.45) is 0. The molecule has 1 aromatic carbocycles. The van der Waals surface area contributed by atoms with Gasteiger partial charge in [0, 0.05) is 5.75 Å². The summed E-state index contributed by atoms with van der Waals surface area (Å²) in [7, 11) is 1.35. The molecule has 3 nitrogen and oxygen atoms in total. The molecule has 4 heteroatoms. The molecule has 0 amide bonds. The van der Waals surface area contributed by atoms with Crippen molar-refractivity contribution in [3.63, 3.8) is 0 Å². The smallest absolute Gasteiger partial charge is 0.337 e. The normalized spacial score (nSPS) is 9.14. The molecule has 14 heavy (non-hydrogen) atoms. The van der Waals surface area contributed by atoms with Crippen molar-refractivity contribution in [2.24, 2.45) is 0 Å². The zero-order valence-corrected chi connectivity index (χ0v) is 8.50. The number of methoxy groups -OCH3 is 1. The van der Waals surface area contributed by atoms with Crippen LogP contribution in [-0.2, 0) is 10.5 Å². The first-order valence-electron chi connectivity index (χ1n) is 3.96. The number of hydrogen-bond donors (Lipinski definition) is 0. The van der Waals surface area contributed by atoms with E-state index in [-0.39, 0.29) is 5.97 Å². The minimum absolute atomic E-state index is 0.353. The summed E-state index contributed by atoms with van der Waals surface area (Å²) in [4.78, 5) is 11.1. The van der Waals surface area contributed by atoms with E-state index >= 15 is 0 Å². The van der Waals surface area contributed by atoms with Crippen LogP contribution in [-0.4, -0.2) is 13.1 Å². The van der Waals surface area contributed by atoms with Crippen molar-refractivity contribution < 1.29 is 9.53 Å². The van der Waals surface area contributed by atoms with E-state index in [2.05, 4.69) is 4.74 Å². The van der Waals surface area contributed by atoms with E-state index in [1.165, 1.54) is 7.11 Å². The minimum Gasteiger partial charge on any atom is -0.465 e. The van der Waals surface area contributed by atoms with Gasteiger partial charge in [0.25, 0.3) is 0 Å². The Morgan fingerprint density at radius 1 is 1.64 bits per heavy atom. The van der Waals surface area contributed by atoms with Gasteiger partial charge in [-0.2, -0.15) is 5.26 Å². The standard InChI is InChI=1S/C10H9NO2S/c1-13-10(12)9-4-2-3-8(5-9)6-14-7-11/h2-5H,6H2,1H3. The van der Waals surface area contributed by atoms with Gasteiger partial charge in [0.1, 0.15) is 5.40 Å². The summed E-state index contributed by atoms with van der Waals surface area (Å²) in [5.41, 5.74) is 1.46. The second-order valence-corrected chi connectivity index (χ2v) is 3.33. The highest BCUT2D eigenvalue weighted by molar-refractivity contribution is 8.02. The van der Waals surface area contributed by atoms with Crippen molar-refractivity contribution in [2.45, 2.75) is 5.75 Å². The van der Waals surface area contributed by atoms with Crippen LogP contribution in [0.25, 0.3) is 0 Å². The van der Waals surface area contributed by atoms with Crippen LogP contribution in [0.2, 0.25) is 0 Å². The van der Waals surface area contributed by atoms with Crippen LogP contribution in [0, 0.1) is 10.7 Å². The molecule has 1 rings (SSSR count). The van der Waals surface area contributed by atoms with Gasteiger partial charge >= 0.3 is 5.97 Å². The molecule has 0 radical (unpaired) electrons. The summed E-state index contributed by atoms with van der Waals surface area (Å²) < 4.78 is 4.58. The molecular weight excluding hydrogens is 198 g/mol. The van der Waals surface area contributed by atoms with Crippen LogP contribution in [0.4, 0.5) is 0 Å². The maximum Gasteiger partial charge on any atom is 0.337 e. The van der Waals surface area contributed by atoms with E-state index in [1.54, 1.807) is 18.2 Å². The topological polar surface area (TPSA) is 50.1 Å². The molecule has 72 valence electrons. The Labute approximate surface area is 86.7 Å². The van der Waals surface area contributed by atoms with E-state index in [4.69, 9.17) is 5.26 Å². The van der Waals surface area contributed by atoms with Crippen molar-refractivity contribution in [1.29, 1.82) is 5.26 Å². The largest absolute Gasteiger partial charge is 0.465 e. The highest BCUT2D eigenvalue weighted by Gasteiger charge is 2.04. The number of carbonyl (C=O) groups is 1. The summed E-state index contributed by atoms with van der Waals surface area (Å²) in [5, 5.41) is 10.4. The summed E-state index contributed by atoms with van der Waals surface area (Å²) in [5.74, 6) is 0.232. The minimum atomic E-state index is -0.353. The number of nitrogens with zero attached hydrogens (tertiary/aromatic N) is 1. The third kappa shape index (κ3) is 2.79. The number of carbonyl (C=O) groups excluding carboxylic acids is 1. The lowest BCUT2D eigenvalue weighted by atomic mass is 10.1. The van der Waals surface area contributed by atoms with Gasteiger partial charge < -0.3 is 4.74 Å². The summed E-state index contributed by atoms with van der Waals surface area (Å²) >= 11 is 1.14. The second kappa shape index (κ2) is 5.30. The van der Waals surface area contributed by atoms with Crippen molar-refractivity contribution in [3.05, 3.63) is 35.4 Å². The zero-order valence-electron chi connectivity index (χ0n) is 7.69. The Balaban J connectivity index is 2.79. The average molecular weight is 207 g/mol. The Bertz CT molecular complexity index is 371. The second-order valence-electron chi connectivity index (χ2n) is 2.57. The van der Waals surface area contributed by atoms with Crippen LogP contribution in [0.15, 0.2) is 24.3 Å². The highest BCUT2D eigenvalue weighted by atomic mass is 32.2. The van der Waals surface area contributed by atoms with Crippen molar-refractivity contribution in [2.75, 3.05) is 7.11 Å². The first-order valence-corrected chi connectivity index (χ1v) is 4.94. The zero-order chi connectivity index (χ0) is 10.4. The van der Waals surface area contributed by atoms with E-state index < -0.39 is 0 Å². The number of thioether (sulfide) groups is 1. The number of ether oxygens (including phenoxy) is 1. The lowest BCUT2D eigenvalue weighted by Crippen LogP contribution is -2.01. The number of thiocyanates is 1. The third-order valence-corrected chi connectivity index (χ3v) is 2.26.